The minimum atomic E-state index is -3.43. The van der Waals surface area contributed by atoms with Crippen LogP contribution in [0.25, 0.3) is 0 Å². The maximum absolute atomic E-state index is 13.0. The van der Waals surface area contributed by atoms with Crippen LogP contribution in [0, 0.1) is 0 Å². The van der Waals surface area contributed by atoms with E-state index in [4.69, 9.17) is 4.74 Å². The topological polar surface area (TPSA) is 61.9 Å². The van der Waals surface area contributed by atoms with Crippen LogP contribution in [-0.2, 0) is 14.9 Å². The second-order valence-electron chi connectivity index (χ2n) is 5.77. The zero-order valence-corrected chi connectivity index (χ0v) is 14.7. The third kappa shape index (κ3) is 5.17. The first-order valence-electron chi connectivity index (χ1n) is 7.93. The molecule has 1 saturated heterocycles. The van der Waals surface area contributed by atoms with Gasteiger partial charge < -0.3 is 10.1 Å². The van der Waals surface area contributed by atoms with Crippen molar-refractivity contribution in [3.05, 3.63) is 0 Å². The summed E-state index contributed by atoms with van der Waals surface area (Å²) >= 11 is 0. The Balaban J connectivity index is 2.88. The van der Waals surface area contributed by atoms with Crippen molar-refractivity contribution >= 4 is 10.2 Å². The summed E-state index contributed by atoms with van der Waals surface area (Å²) in [5.74, 6) is 0. The van der Waals surface area contributed by atoms with Crippen molar-refractivity contribution in [2.75, 3.05) is 39.9 Å². The molecule has 1 atom stereocenters. The van der Waals surface area contributed by atoms with E-state index in [1.54, 1.807) is 15.7 Å². The van der Waals surface area contributed by atoms with Crippen LogP contribution < -0.4 is 5.32 Å². The predicted octanol–water partition coefficient (Wildman–Crippen LogP) is 1.05. The number of rotatable bonds is 9. The molecule has 1 N–H and O–H groups in total. The average Bonchev–Trinajstić information content (AvgIpc) is 2.45. The molecule has 6 nitrogen and oxygen atoms in total. The fourth-order valence-electron chi connectivity index (χ4n) is 2.75. The van der Waals surface area contributed by atoms with Crippen LogP contribution in [-0.4, -0.2) is 69.0 Å². The lowest BCUT2D eigenvalue weighted by molar-refractivity contribution is 0.160. The summed E-state index contributed by atoms with van der Waals surface area (Å²) in [6.45, 7) is 8.90. The molecule has 1 aliphatic rings. The van der Waals surface area contributed by atoms with Gasteiger partial charge in [0.1, 0.15) is 0 Å². The molecule has 0 spiro atoms. The van der Waals surface area contributed by atoms with Gasteiger partial charge in [0.15, 0.2) is 0 Å². The Bertz CT molecular complexity index is 387. The van der Waals surface area contributed by atoms with Gasteiger partial charge in [0.2, 0.25) is 0 Å². The van der Waals surface area contributed by atoms with Crippen LogP contribution in [0.2, 0.25) is 0 Å². The summed E-state index contributed by atoms with van der Waals surface area (Å²) in [4.78, 5) is 0. The van der Waals surface area contributed by atoms with Gasteiger partial charge in [0, 0.05) is 38.8 Å². The molecule has 7 heteroatoms. The minimum Gasteiger partial charge on any atom is -0.383 e. The second-order valence-corrected chi connectivity index (χ2v) is 7.61. The number of piperidine rings is 1. The van der Waals surface area contributed by atoms with E-state index in [2.05, 4.69) is 5.32 Å². The van der Waals surface area contributed by atoms with Crippen molar-refractivity contribution in [2.24, 2.45) is 0 Å². The molecule has 21 heavy (non-hydrogen) atoms. The van der Waals surface area contributed by atoms with Gasteiger partial charge in [-0.1, -0.05) is 13.3 Å². The normalized spacial score (nSPS) is 21.3. The molecule has 0 aromatic rings. The summed E-state index contributed by atoms with van der Waals surface area (Å²) in [5, 5.41) is 3.28. The SMILES string of the molecule is CCNCC1CCCCN1S(=O)(=O)N(CCOC)C(C)C. The molecule has 1 heterocycles. The lowest BCUT2D eigenvalue weighted by Crippen LogP contribution is -2.55. The number of likely N-dealkylation sites (N-methyl/N-ethyl adjacent to an activating group) is 1. The van der Waals surface area contributed by atoms with E-state index in [1.807, 2.05) is 20.8 Å². The molecule has 1 fully saturated rings. The third-order valence-electron chi connectivity index (χ3n) is 3.89. The van der Waals surface area contributed by atoms with Crippen molar-refractivity contribution in [1.29, 1.82) is 0 Å². The molecule has 1 rings (SSSR count). The van der Waals surface area contributed by atoms with E-state index < -0.39 is 10.2 Å². The number of hydrogen-bond acceptors (Lipinski definition) is 4. The number of nitrogens with one attached hydrogen (secondary N) is 1. The molecule has 0 bridgehead atoms. The highest BCUT2D eigenvalue weighted by Gasteiger charge is 2.37. The molecule has 126 valence electrons. The molecule has 0 radical (unpaired) electrons. The first-order chi connectivity index (χ1) is 9.95. The van der Waals surface area contributed by atoms with E-state index >= 15 is 0 Å². The fourth-order valence-corrected chi connectivity index (χ4v) is 4.77. The molecule has 0 aromatic carbocycles. The molecule has 1 aliphatic heterocycles. The van der Waals surface area contributed by atoms with Gasteiger partial charge in [-0.15, -0.1) is 0 Å². The summed E-state index contributed by atoms with van der Waals surface area (Å²) in [6.07, 6.45) is 2.97. The van der Waals surface area contributed by atoms with Gasteiger partial charge in [-0.05, 0) is 33.2 Å². The zero-order valence-electron chi connectivity index (χ0n) is 13.8. The van der Waals surface area contributed by atoms with Crippen molar-refractivity contribution in [3.63, 3.8) is 0 Å². The average molecular weight is 321 g/mol. The first-order valence-corrected chi connectivity index (χ1v) is 9.33. The number of hydrogen-bond donors (Lipinski definition) is 1. The number of nitrogens with zero attached hydrogens (tertiary/aromatic N) is 2. The molecular formula is C14H31N3O3S. The first kappa shape index (κ1) is 18.8. The quantitative estimate of drug-likeness (QED) is 0.689. The second kappa shape index (κ2) is 9.05. The Morgan fingerprint density at radius 2 is 2.10 bits per heavy atom. The van der Waals surface area contributed by atoms with Gasteiger partial charge in [-0.3, -0.25) is 0 Å². The number of ether oxygens (including phenoxy) is 1. The third-order valence-corrected chi connectivity index (χ3v) is 6.16. The smallest absolute Gasteiger partial charge is 0.282 e. The zero-order chi connectivity index (χ0) is 15.9. The van der Waals surface area contributed by atoms with Gasteiger partial charge in [-0.25, -0.2) is 0 Å². The Kier molecular flexibility index (Phi) is 8.12. The van der Waals surface area contributed by atoms with E-state index in [-0.39, 0.29) is 12.1 Å². The highest BCUT2D eigenvalue weighted by molar-refractivity contribution is 7.86. The van der Waals surface area contributed by atoms with Crippen molar-refractivity contribution in [2.45, 2.75) is 52.1 Å². The Morgan fingerprint density at radius 1 is 1.38 bits per heavy atom. The summed E-state index contributed by atoms with van der Waals surface area (Å²) in [7, 11) is -1.83. The lowest BCUT2D eigenvalue weighted by Gasteiger charge is -2.39. The standard InChI is InChI=1S/C14H31N3O3S/c1-5-15-12-14-8-6-7-9-17(14)21(18,19)16(13(2)3)10-11-20-4/h13-15H,5-12H2,1-4H3. The molecule has 0 aromatic heterocycles. The fraction of sp³-hybridized carbons (Fsp3) is 1.00. The Morgan fingerprint density at radius 3 is 2.67 bits per heavy atom. The van der Waals surface area contributed by atoms with Gasteiger partial charge in [-0.2, -0.15) is 17.0 Å². The largest absolute Gasteiger partial charge is 0.383 e. The maximum Gasteiger partial charge on any atom is 0.282 e. The molecule has 0 saturated carbocycles. The van der Waals surface area contributed by atoms with Crippen LogP contribution in [0.15, 0.2) is 0 Å². The van der Waals surface area contributed by atoms with Gasteiger partial charge in [0.25, 0.3) is 10.2 Å². The molecule has 0 amide bonds. The van der Waals surface area contributed by atoms with E-state index in [9.17, 15) is 8.42 Å². The maximum atomic E-state index is 13.0. The summed E-state index contributed by atoms with van der Waals surface area (Å²) in [6, 6.07) is -0.000597. The van der Waals surface area contributed by atoms with Gasteiger partial charge >= 0.3 is 0 Å². The number of methoxy groups -OCH3 is 1. The monoisotopic (exact) mass is 321 g/mol. The van der Waals surface area contributed by atoms with E-state index in [0.29, 0.717) is 19.7 Å². The van der Waals surface area contributed by atoms with Gasteiger partial charge in [0.05, 0.1) is 6.61 Å². The minimum absolute atomic E-state index is 0.0625. The predicted molar refractivity (Wildman–Crippen MR) is 85.5 cm³/mol. The van der Waals surface area contributed by atoms with Crippen LogP contribution in [0.5, 0.6) is 0 Å². The van der Waals surface area contributed by atoms with E-state index in [1.165, 1.54) is 0 Å². The molecule has 1 unspecified atom stereocenters. The van der Waals surface area contributed by atoms with Crippen LogP contribution in [0.4, 0.5) is 0 Å². The van der Waals surface area contributed by atoms with E-state index in [0.717, 1.165) is 32.4 Å². The Labute approximate surface area is 130 Å². The lowest BCUT2D eigenvalue weighted by atomic mass is 10.1. The van der Waals surface area contributed by atoms with Crippen LogP contribution in [0.1, 0.15) is 40.0 Å². The Hall–Kier alpha value is -0.210. The van der Waals surface area contributed by atoms with Crippen molar-refractivity contribution < 1.29 is 13.2 Å². The molecule has 0 aliphatic carbocycles. The van der Waals surface area contributed by atoms with Crippen LogP contribution in [0.3, 0.4) is 0 Å². The van der Waals surface area contributed by atoms with Crippen LogP contribution >= 0.6 is 0 Å². The highest BCUT2D eigenvalue weighted by atomic mass is 32.2. The van der Waals surface area contributed by atoms with Crippen molar-refractivity contribution in [1.82, 2.24) is 13.9 Å². The molecular weight excluding hydrogens is 290 g/mol. The highest BCUT2D eigenvalue weighted by Crippen LogP contribution is 2.23. The summed E-state index contributed by atoms with van der Waals surface area (Å²) in [5.41, 5.74) is 0. The van der Waals surface area contributed by atoms with Crippen molar-refractivity contribution in [3.8, 4) is 0 Å². The summed E-state index contributed by atoms with van der Waals surface area (Å²) < 4.78 is 34.3.